The molecule has 1 unspecified atom stereocenters. The number of benzene rings is 1. The van der Waals surface area contributed by atoms with Gasteiger partial charge < -0.3 is 29.5 Å². The van der Waals surface area contributed by atoms with Gasteiger partial charge in [0.25, 0.3) is 5.56 Å². The Balaban J connectivity index is 1.75. The summed E-state index contributed by atoms with van der Waals surface area (Å²) >= 11 is 0. The van der Waals surface area contributed by atoms with E-state index in [1.165, 1.54) is 6.21 Å². The third-order valence-corrected chi connectivity index (χ3v) is 8.43. The van der Waals surface area contributed by atoms with Gasteiger partial charge in [0.05, 0.1) is 29.0 Å². The van der Waals surface area contributed by atoms with Crippen LogP contribution in [0.2, 0.25) is 0 Å². The van der Waals surface area contributed by atoms with Gasteiger partial charge in [0.1, 0.15) is 33.6 Å². The van der Waals surface area contributed by atoms with Crippen molar-refractivity contribution in [2.45, 2.75) is 44.4 Å². The highest BCUT2D eigenvalue weighted by Crippen LogP contribution is 2.32. The molecule has 0 aliphatic carbocycles. The van der Waals surface area contributed by atoms with Crippen molar-refractivity contribution in [3.63, 3.8) is 0 Å². The lowest BCUT2D eigenvalue weighted by atomic mass is 10.1. The first kappa shape index (κ1) is 28.9. The fourth-order valence-corrected chi connectivity index (χ4v) is 6.18. The molecular formula is C27H38N6O5S. The van der Waals surface area contributed by atoms with Gasteiger partial charge in [-0.1, -0.05) is 25.4 Å². The zero-order chi connectivity index (χ0) is 27.9. The minimum absolute atomic E-state index is 0.169. The number of hydrogen-bond acceptors (Lipinski definition) is 8. The topological polar surface area (TPSA) is 136 Å². The van der Waals surface area contributed by atoms with E-state index in [0.717, 1.165) is 44.5 Å². The van der Waals surface area contributed by atoms with Gasteiger partial charge in [-0.2, -0.15) is 0 Å². The molecule has 1 saturated heterocycles. The van der Waals surface area contributed by atoms with Crippen LogP contribution in [0.5, 0.6) is 5.75 Å². The first-order chi connectivity index (χ1) is 18.9. The smallest absolute Gasteiger partial charge is 0.275 e. The number of ether oxygens (including phenoxy) is 1. The number of aliphatic hydroxyl groups is 1. The van der Waals surface area contributed by atoms with Crippen molar-refractivity contribution in [1.29, 1.82) is 0 Å². The van der Waals surface area contributed by atoms with Gasteiger partial charge in [0.15, 0.2) is 0 Å². The number of rotatable bonds is 12. The summed E-state index contributed by atoms with van der Waals surface area (Å²) in [5, 5.41) is 21.5. The van der Waals surface area contributed by atoms with Gasteiger partial charge in [-0.05, 0) is 37.5 Å². The fraction of sp³-hybridized carbons (Fsp3) is 0.519. The Morgan fingerprint density at radius 1 is 1.21 bits per heavy atom. The van der Waals surface area contributed by atoms with Crippen molar-refractivity contribution in [2.24, 2.45) is 12.2 Å². The first-order valence-corrected chi connectivity index (χ1v) is 14.6. The largest absolute Gasteiger partial charge is 0.493 e. The van der Waals surface area contributed by atoms with E-state index >= 15 is 0 Å². The van der Waals surface area contributed by atoms with Gasteiger partial charge >= 0.3 is 0 Å². The highest BCUT2D eigenvalue weighted by atomic mass is 32.2. The average Bonchev–Trinajstić information content (AvgIpc) is 3.21. The van der Waals surface area contributed by atoms with E-state index in [0.29, 0.717) is 64.9 Å². The molecule has 3 aromatic rings. The van der Waals surface area contributed by atoms with E-state index in [9.17, 15) is 14.2 Å². The lowest BCUT2D eigenvalue weighted by Crippen LogP contribution is -2.47. The lowest BCUT2D eigenvalue weighted by Gasteiger charge is -2.33. The summed E-state index contributed by atoms with van der Waals surface area (Å²) < 4.78 is 23.2. The predicted octanol–water partition coefficient (Wildman–Crippen LogP) is 2.50. The van der Waals surface area contributed by atoms with Gasteiger partial charge in [-0.3, -0.25) is 4.79 Å². The van der Waals surface area contributed by atoms with E-state index in [1.54, 1.807) is 29.8 Å². The summed E-state index contributed by atoms with van der Waals surface area (Å²) in [5.41, 5.74) is 2.64. The Bertz CT molecular complexity index is 1390. The maximum absolute atomic E-state index is 13.6. The molecule has 1 aliphatic rings. The number of nitrogens with one attached hydrogen (secondary N) is 1. The number of nitrogens with zero attached hydrogens (tertiary/aromatic N) is 5. The summed E-state index contributed by atoms with van der Waals surface area (Å²) in [6, 6.07) is 5.39. The van der Waals surface area contributed by atoms with Crippen molar-refractivity contribution in [2.75, 3.05) is 45.9 Å². The molecule has 0 bridgehead atoms. The van der Waals surface area contributed by atoms with Crippen LogP contribution in [-0.4, -0.2) is 90.4 Å². The normalized spacial score (nSPS) is 15.9. The molecule has 1 aliphatic heterocycles. The van der Waals surface area contributed by atoms with Gasteiger partial charge in [0.2, 0.25) is 0 Å². The summed E-state index contributed by atoms with van der Waals surface area (Å²) in [6.45, 7) is 8.42. The van der Waals surface area contributed by atoms with Crippen LogP contribution in [0.1, 0.15) is 44.4 Å². The van der Waals surface area contributed by atoms with Crippen LogP contribution in [0.4, 0.5) is 0 Å². The molecule has 212 valence electrons. The number of H-pyrrole nitrogens is 1. The zero-order valence-electron chi connectivity index (χ0n) is 22.9. The van der Waals surface area contributed by atoms with Crippen LogP contribution in [0.15, 0.2) is 33.0 Å². The molecular weight excluding hydrogens is 520 g/mol. The van der Waals surface area contributed by atoms with Crippen molar-refractivity contribution in [3.05, 3.63) is 39.8 Å². The average molecular weight is 559 g/mol. The molecule has 12 heteroatoms. The first-order valence-electron chi connectivity index (χ1n) is 13.5. The standard InChI is InChI=1S/C27H38N6O5S/c1-4-7-20-22(18-28-36)31(3)25-24(20)29-26(30-27(25)35)21-17-19(8-9-23(21)38-16-5-2)39(37)33-13-11-32(12-14-33)10-6-15-34/h8-9,17-18,34,36H,4-7,10-16H2,1-3H3,(H,29,30,35)/b28-18+. The molecule has 0 radical (unpaired) electrons. The molecule has 39 heavy (non-hydrogen) atoms. The van der Waals surface area contributed by atoms with E-state index in [2.05, 4.69) is 15.0 Å². The molecule has 0 spiro atoms. The minimum atomic E-state index is -1.40. The molecule has 1 fully saturated rings. The van der Waals surface area contributed by atoms with E-state index < -0.39 is 11.0 Å². The molecule has 1 aromatic carbocycles. The molecule has 3 heterocycles. The van der Waals surface area contributed by atoms with Crippen LogP contribution < -0.4 is 10.3 Å². The van der Waals surface area contributed by atoms with Crippen molar-refractivity contribution >= 4 is 28.2 Å². The van der Waals surface area contributed by atoms with E-state index in [4.69, 9.17) is 14.8 Å². The van der Waals surface area contributed by atoms with Crippen LogP contribution in [0.25, 0.3) is 22.4 Å². The van der Waals surface area contributed by atoms with Gasteiger partial charge in [0, 0.05) is 51.9 Å². The lowest BCUT2D eigenvalue weighted by molar-refractivity contribution is 0.174. The third-order valence-electron chi connectivity index (χ3n) is 6.93. The molecule has 2 aromatic heterocycles. The molecule has 11 nitrogen and oxygen atoms in total. The maximum atomic E-state index is 13.6. The summed E-state index contributed by atoms with van der Waals surface area (Å²) in [5.74, 6) is 0.890. The van der Waals surface area contributed by atoms with E-state index in [1.807, 2.05) is 18.2 Å². The highest BCUT2D eigenvalue weighted by Gasteiger charge is 2.24. The number of aliphatic hydroxyl groups excluding tert-OH is 1. The summed E-state index contributed by atoms with van der Waals surface area (Å²) in [7, 11) is 0.350. The maximum Gasteiger partial charge on any atom is 0.275 e. The molecule has 3 N–H and O–H groups in total. The minimum Gasteiger partial charge on any atom is -0.493 e. The number of aryl methyl sites for hydroxylation is 2. The highest BCUT2D eigenvalue weighted by molar-refractivity contribution is 7.82. The number of aromatic amines is 1. The Morgan fingerprint density at radius 3 is 2.64 bits per heavy atom. The number of piperazine rings is 1. The quantitative estimate of drug-likeness (QED) is 0.177. The van der Waals surface area contributed by atoms with Gasteiger partial charge in [-0.25, -0.2) is 13.5 Å². The Labute approximate surface area is 230 Å². The predicted molar refractivity (Wildman–Crippen MR) is 152 cm³/mol. The molecule has 0 saturated carbocycles. The van der Waals surface area contributed by atoms with Crippen LogP contribution >= 0.6 is 0 Å². The molecule has 1 atom stereocenters. The van der Waals surface area contributed by atoms with Crippen LogP contribution in [0, 0.1) is 0 Å². The molecule has 0 amide bonds. The monoisotopic (exact) mass is 558 g/mol. The van der Waals surface area contributed by atoms with Crippen molar-refractivity contribution < 1.29 is 19.3 Å². The SMILES string of the molecule is CCCOc1ccc(S(=O)N2CCN(CCCO)CC2)cc1-c1nc2c(CCC)c(/C=N/O)n(C)c2c(=O)[nH]1. The van der Waals surface area contributed by atoms with Gasteiger partial charge in [-0.15, -0.1) is 0 Å². The number of hydrogen-bond donors (Lipinski definition) is 3. The third kappa shape index (κ3) is 6.24. The Kier molecular flexibility index (Phi) is 9.89. The second-order valence-corrected chi connectivity index (χ2v) is 11.1. The molecule has 4 rings (SSSR count). The number of fused-ring (bicyclic) bond motifs is 1. The van der Waals surface area contributed by atoms with Crippen molar-refractivity contribution in [3.8, 4) is 17.1 Å². The van der Waals surface area contributed by atoms with E-state index in [-0.39, 0.29) is 12.2 Å². The fourth-order valence-electron chi connectivity index (χ4n) is 4.98. The Hall–Kier alpha value is -3.06. The number of oxime groups is 1. The Morgan fingerprint density at radius 2 is 1.97 bits per heavy atom. The van der Waals surface area contributed by atoms with Crippen LogP contribution in [-0.2, 0) is 24.5 Å². The second-order valence-electron chi connectivity index (χ2n) is 9.63. The van der Waals surface area contributed by atoms with Crippen molar-refractivity contribution in [1.82, 2.24) is 23.7 Å². The number of aromatic nitrogens is 3. The van der Waals surface area contributed by atoms with Crippen LogP contribution in [0.3, 0.4) is 0 Å². The summed E-state index contributed by atoms with van der Waals surface area (Å²) in [4.78, 5) is 24.0. The summed E-state index contributed by atoms with van der Waals surface area (Å²) in [6.07, 6.45) is 4.34. The second kappa shape index (κ2) is 13.3. The zero-order valence-corrected chi connectivity index (χ0v) is 23.7.